The highest BCUT2D eigenvalue weighted by atomic mass is 35.5. The van der Waals surface area contributed by atoms with E-state index in [0.717, 1.165) is 11.1 Å². The van der Waals surface area contributed by atoms with Crippen LogP contribution in [0, 0.1) is 12.7 Å². The summed E-state index contributed by atoms with van der Waals surface area (Å²) in [5.41, 5.74) is 4.93. The van der Waals surface area contributed by atoms with Gasteiger partial charge < -0.3 is 0 Å². The first kappa shape index (κ1) is 13.0. The molecule has 0 aromatic heterocycles. The molecule has 2 rings (SSSR count). The highest BCUT2D eigenvalue weighted by Crippen LogP contribution is 2.27. The second kappa shape index (κ2) is 5.48. The van der Waals surface area contributed by atoms with Crippen LogP contribution in [-0.4, -0.2) is 0 Å². The van der Waals surface area contributed by atoms with Gasteiger partial charge >= 0.3 is 0 Å². The third-order valence-corrected chi connectivity index (χ3v) is 3.32. The van der Waals surface area contributed by atoms with Crippen molar-refractivity contribution in [2.75, 3.05) is 0 Å². The van der Waals surface area contributed by atoms with Crippen LogP contribution in [0.4, 0.5) is 4.39 Å². The molecule has 4 heteroatoms. The average Bonchev–Trinajstić information content (AvgIpc) is 2.37. The number of hydrazine groups is 1. The molecule has 3 N–H and O–H groups in total. The minimum Gasteiger partial charge on any atom is -0.271 e. The van der Waals surface area contributed by atoms with Crippen molar-refractivity contribution in [2.24, 2.45) is 5.84 Å². The van der Waals surface area contributed by atoms with Crippen LogP contribution in [0.5, 0.6) is 0 Å². The summed E-state index contributed by atoms with van der Waals surface area (Å²) in [6, 6.07) is 11.7. The van der Waals surface area contributed by atoms with Crippen molar-refractivity contribution in [1.82, 2.24) is 5.43 Å². The van der Waals surface area contributed by atoms with Crippen molar-refractivity contribution in [3.05, 3.63) is 70.0 Å². The molecule has 0 bridgehead atoms. The zero-order valence-electron chi connectivity index (χ0n) is 9.95. The van der Waals surface area contributed by atoms with Crippen LogP contribution in [0.1, 0.15) is 22.7 Å². The first-order chi connectivity index (χ1) is 8.63. The minimum atomic E-state index is -0.413. The second-order valence-electron chi connectivity index (χ2n) is 4.13. The normalized spacial score (nSPS) is 12.4. The molecule has 0 aliphatic carbocycles. The summed E-state index contributed by atoms with van der Waals surface area (Å²) in [4.78, 5) is 0. The molecular weight excluding hydrogens is 251 g/mol. The lowest BCUT2D eigenvalue weighted by atomic mass is 9.98. The van der Waals surface area contributed by atoms with Crippen molar-refractivity contribution in [3.8, 4) is 0 Å². The summed E-state index contributed by atoms with van der Waals surface area (Å²) >= 11 is 6.08. The fraction of sp³-hybridized carbons (Fsp3) is 0.143. The molecule has 1 unspecified atom stereocenters. The fourth-order valence-electron chi connectivity index (χ4n) is 1.86. The van der Waals surface area contributed by atoms with Gasteiger partial charge in [-0.25, -0.2) is 9.82 Å². The largest absolute Gasteiger partial charge is 0.271 e. The van der Waals surface area contributed by atoms with Crippen LogP contribution in [0.3, 0.4) is 0 Å². The Bertz CT molecular complexity index is 557. The number of nitrogens with one attached hydrogen (secondary N) is 1. The predicted octanol–water partition coefficient (Wildman–Crippen LogP) is 3.34. The molecule has 2 nitrogen and oxygen atoms in total. The van der Waals surface area contributed by atoms with E-state index in [-0.39, 0.29) is 5.82 Å². The maximum absolute atomic E-state index is 13.8. The molecule has 2 aromatic rings. The van der Waals surface area contributed by atoms with E-state index in [0.29, 0.717) is 10.6 Å². The van der Waals surface area contributed by atoms with Gasteiger partial charge in [0.25, 0.3) is 0 Å². The van der Waals surface area contributed by atoms with E-state index >= 15 is 0 Å². The van der Waals surface area contributed by atoms with Gasteiger partial charge in [-0.15, -0.1) is 0 Å². The van der Waals surface area contributed by atoms with Crippen molar-refractivity contribution >= 4 is 11.6 Å². The van der Waals surface area contributed by atoms with Crippen molar-refractivity contribution < 1.29 is 4.39 Å². The Morgan fingerprint density at radius 1 is 1.22 bits per heavy atom. The first-order valence-electron chi connectivity index (χ1n) is 5.60. The van der Waals surface area contributed by atoms with Crippen molar-refractivity contribution in [3.63, 3.8) is 0 Å². The zero-order valence-corrected chi connectivity index (χ0v) is 10.7. The van der Waals surface area contributed by atoms with Gasteiger partial charge in [-0.2, -0.15) is 0 Å². The average molecular weight is 265 g/mol. The summed E-state index contributed by atoms with van der Waals surface area (Å²) < 4.78 is 13.8. The van der Waals surface area contributed by atoms with Gasteiger partial charge in [0.1, 0.15) is 5.82 Å². The Hall–Kier alpha value is -1.42. The standard InChI is InChI=1S/C14H14ClFN2/c1-9-6-7-10(8-12(9)15)14(18-17)11-4-2-3-5-13(11)16/h2-8,14,18H,17H2,1H3. The lowest BCUT2D eigenvalue weighted by Gasteiger charge is -2.18. The van der Waals surface area contributed by atoms with Crippen molar-refractivity contribution in [2.45, 2.75) is 13.0 Å². The number of aryl methyl sites for hydroxylation is 1. The summed E-state index contributed by atoms with van der Waals surface area (Å²) in [7, 11) is 0. The molecule has 0 saturated carbocycles. The van der Waals surface area contributed by atoms with Crippen molar-refractivity contribution in [1.29, 1.82) is 0 Å². The van der Waals surface area contributed by atoms with Crippen LogP contribution in [0.25, 0.3) is 0 Å². The number of hydrogen-bond acceptors (Lipinski definition) is 2. The van der Waals surface area contributed by atoms with Crippen LogP contribution in [0.15, 0.2) is 42.5 Å². The van der Waals surface area contributed by atoms with Gasteiger partial charge in [0.2, 0.25) is 0 Å². The van der Waals surface area contributed by atoms with E-state index in [1.54, 1.807) is 24.3 Å². The quantitative estimate of drug-likeness (QED) is 0.659. The maximum atomic E-state index is 13.8. The highest BCUT2D eigenvalue weighted by Gasteiger charge is 2.16. The van der Waals surface area contributed by atoms with E-state index in [1.807, 2.05) is 19.1 Å². The Labute approximate surface area is 111 Å². The number of rotatable bonds is 3. The fourth-order valence-corrected chi connectivity index (χ4v) is 2.05. The topological polar surface area (TPSA) is 38.0 Å². The Morgan fingerprint density at radius 3 is 2.56 bits per heavy atom. The molecule has 18 heavy (non-hydrogen) atoms. The first-order valence-corrected chi connectivity index (χ1v) is 5.98. The minimum absolute atomic E-state index is 0.294. The molecule has 0 aliphatic heterocycles. The Morgan fingerprint density at radius 2 is 1.94 bits per heavy atom. The second-order valence-corrected chi connectivity index (χ2v) is 4.54. The lowest BCUT2D eigenvalue weighted by molar-refractivity contribution is 0.560. The van der Waals surface area contributed by atoms with E-state index in [4.69, 9.17) is 17.4 Å². The van der Waals surface area contributed by atoms with Gasteiger partial charge in [0.15, 0.2) is 0 Å². The van der Waals surface area contributed by atoms with Gasteiger partial charge in [-0.05, 0) is 30.2 Å². The number of nitrogens with two attached hydrogens (primary N) is 1. The lowest BCUT2D eigenvalue weighted by Crippen LogP contribution is -2.29. The summed E-state index contributed by atoms with van der Waals surface area (Å²) in [6.45, 7) is 1.92. The van der Waals surface area contributed by atoms with Crippen LogP contribution >= 0.6 is 11.6 Å². The Balaban J connectivity index is 2.45. The van der Waals surface area contributed by atoms with E-state index < -0.39 is 6.04 Å². The molecule has 0 radical (unpaired) electrons. The van der Waals surface area contributed by atoms with E-state index in [1.165, 1.54) is 6.07 Å². The maximum Gasteiger partial charge on any atom is 0.128 e. The van der Waals surface area contributed by atoms with E-state index in [2.05, 4.69) is 5.43 Å². The SMILES string of the molecule is Cc1ccc(C(NN)c2ccccc2F)cc1Cl. The summed E-state index contributed by atoms with van der Waals surface area (Å²) in [6.07, 6.45) is 0. The molecule has 0 amide bonds. The monoisotopic (exact) mass is 264 g/mol. The smallest absolute Gasteiger partial charge is 0.128 e. The van der Waals surface area contributed by atoms with Crippen LogP contribution in [-0.2, 0) is 0 Å². The molecule has 0 spiro atoms. The summed E-state index contributed by atoms with van der Waals surface area (Å²) in [5, 5.41) is 0.643. The summed E-state index contributed by atoms with van der Waals surface area (Å²) in [5.74, 6) is 5.24. The Kier molecular flexibility index (Phi) is 3.97. The number of halogens is 2. The zero-order chi connectivity index (χ0) is 13.1. The predicted molar refractivity (Wildman–Crippen MR) is 71.8 cm³/mol. The van der Waals surface area contributed by atoms with Crippen LogP contribution < -0.4 is 11.3 Å². The molecule has 2 aromatic carbocycles. The van der Waals surface area contributed by atoms with Gasteiger partial charge in [0, 0.05) is 10.6 Å². The van der Waals surface area contributed by atoms with Gasteiger partial charge in [-0.3, -0.25) is 5.84 Å². The third kappa shape index (κ3) is 2.53. The molecule has 0 saturated heterocycles. The van der Waals surface area contributed by atoms with Crippen LogP contribution in [0.2, 0.25) is 5.02 Å². The number of benzene rings is 2. The van der Waals surface area contributed by atoms with E-state index in [9.17, 15) is 4.39 Å². The molecular formula is C14H14ClFN2. The molecule has 0 fully saturated rings. The molecule has 0 heterocycles. The highest BCUT2D eigenvalue weighted by molar-refractivity contribution is 6.31. The van der Waals surface area contributed by atoms with Gasteiger partial charge in [-0.1, -0.05) is 41.9 Å². The molecule has 1 atom stereocenters. The molecule has 0 aliphatic rings. The number of hydrogen-bond donors (Lipinski definition) is 2. The third-order valence-electron chi connectivity index (χ3n) is 2.91. The molecule has 94 valence electrons. The van der Waals surface area contributed by atoms with Gasteiger partial charge in [0.05, 0.1) is 6.04 Å².